The van der Waals surface area contributed by atoms with Crippen molar-refractivity contribution in [1.29, 1.82) is 0 Å². The summed E-state index contributed by atoms with van der Waals surface area (Å²) in [6.07, 6.45) is 6.73. The molecule has 0 radical (unpaired) electrons. The second kappa shape index (κ2) is 5.84. The van der Waals surface area contributed by atoms with Crippen LogP contribution in [0.3, 0.4) is 0 Å². The molecular weight excluding hydrogens is 266 g/mol. The Morgan fingerprint density at radius 1 is 1.47 bits per heavy atom. The summed E-state index contributed by atoms with van der Waals surface area (Å²) in [5.74, 6) is -0.301. The van der Waals surface area contributed by atoms with Crippen molar-refractivity contribution in [2.24, 2.45) is 0 Å². The molecule has 19 heavy (non-hydrogen) atoms. The molecule has 1 N–H and O–H groups in total. The highest BCUT2D eigenvalue weighted by atomic mass is 35.5. The molecule has 0 aliphatic carbocycles. The van der Waals surface area contributed by atoms with Gasteiger partial charge in [0.1, 0.15) is 0 Å². The first-order valence-electron chi connectivity index (χ1n) is 6.00. The zero-order valence-corrected chi connectivity index (χ0v) is 11.3. The normalized spacial score (nSPS) is 10.6. The quantitative estimate of drug-likeness (QED) is 0.913. The molecule has 0 atom stereocenters. The number of aryl methyl sites for hydroxylation is 1. The third kappa shape index (κ3) is 3.32. The third-order valence-electron chi connectivity index (χ3n) is 2.66. The number of hydrogen-bond donors (Lipinski definition) is 1. The molecule has 2 aromatic heterocycles. The van der Waals surface area contributed by atoms with Crippen LogP contribution in [-0.2, 0) is 17.6 Å². The van der Waals surface area contributed by atoms with Gasteiger partial charge >= 0.3 is 5.97 Å². The lowest BCUT2D eigenvalue weighted by Crippen LogP contribution is -2.00. The van der Waals surface area contributed by atoms with Gasteiger partial charge in [-0.15, -0.1) is 0 Å². The number of rotatable bonds is 5. The van der Waals surface area contributed by atoms with Crippen molar-refractivity contribution < 1.29 is 9.90 Å². The first-order valence-corrected chi connectivity index (χ1v) is 6.38. The number of carboxylic acids is 1. The molecule has 2 rings (SSSR count). The SMILES string of the molecule is CCCc1cnc(-n2cc(CC(=O)O)cn2)cc1Cl. The number of hydrogen-bond acceptors (Lipinski definition) is 3. The monoisotopic (exact) mass is 279 g/mol. The van der Waals surface area contributed by atoms with E-state index in [4.69, 9.17) is 16.7 Å². The summed E-state index contributed by atoms with van der Waals surface area (Å²) in [6.45, 7) is 2.08. The fourth-order valence-electron chi connectivity index (χ4n) is 1.78. The van der Waals surface area contributed by atoms with Crippen molar-refractivity contribution in [2.45, 2.75) is 26.2 Å². The van der Waals surface area contributed by atoms with Crippen LogP contribution in [0.25, 0.3) is 5.82 Å². The van der Waals surface area contributed by atoms with Crippen LogP contribution in [0.2, 0.25) is 5.02 Å². The van der Waals surface area contributed by atoms with Crippen molar-refractivity contribution in [3.63, 3.8) is 0 Å². The predicted molar refractivity (Wildman–Crippen MR) is 71.7 cm³/mol. The van der Waals surface area contributed by atoms with Crippen LogP contribution in [0, 0.1) is 0 Å². The van der Waals surface area contributed by atoms with Crippen molar-refractivity contribution in [3.05, 3.63) is 40.8 Å². The lowest BCUT2D eigenvalue weighted by Gasteiger charge is -2.05. The molecule has 0 saturated heterocycles. The van der Waals surface area contributed by atoms with E-state index in [1.54, 1.807) is 18.5 Å². The Balaban J connectivity index is 2.24. The fourth-order valence-corrected chi connectivity index (χ4v) is 2.02. The van der Waals surface area contributed by atoms with E-state index >= 15 is 0 Å². The van der Waals surface area contributed by atoms with Crippen LogP contribution in [0.15, 0.2) is 24.7 Å². The number of nitrogens with zero attached hydrogens (tertiary/aromatic N) is 3. The summed E-state index contributed by atoms with van der Waals surface area (Å²) in [5.41, 5.74) is 1.63. The lowest BCUT2D eigenvalue weighted by atomic mass is 10.2. The summed E-state index contributed by atoms with van der Waals surface area (Å²) in [4.78, 5) is 14.9. The molecule has 0 fully saturated rings. The van der Waals surface area contributed by atoms with Crippen LogP contribution < -0.4 is 0 Å². The average molecular weight is 280 g/mol. The standard InChI is InChI=1S/C13H14ClN3O2/c1-2-3-10-7-15-12(5-11(10)14)17-8-9(6-16-17)4-13(18)19/h5-8H,2-4H2,1H3,(H,18,19). The van der Waals surface area contributed by atoms with Gasteiger partial charge < -0.3 is 5.11 Å². The average Bonchev–Trinajstić information content (AvgIpc) is 2.79. The highest BCUT2D eigenvalue weighted by molar-refractivity contribution is 6.31. The Morgan fingerprint density at radius 2 is 2.26 bits per heavy atom. The van der Waals surface area contributed by atoms with Gasteiger partial charge in [-0.05, 0) is 12.0 Å². The Kier molecular flexibility index (Phi) is 4.16. The van der Waals surface area contributed by atoms with E-state index in [9.17, 15) is 4.79 Å². The maximum Gasteiger partial charge on any atom is 0.307 e. The van der Waals surface area contributed by atoms with Crippen LogP contribution >= 0.6 is 11.6 Å². The molecule has 2 aromatic rings. The summed E-state index contributed by atoms with van der Waals surface area (Å²) in [5, 5.41) is 13.5. The van der Waals surface area contributed by atoms with Crippen molar-refractivity contribution in [3.8, 4) is 5.82 Å². The first kappa shape index (κ1) is 13.5. The van der Waals surface area contributed by atoms with Crippen molar-refractivity contribution in [1.82, 2.24) is 14.8 Å². The van der Waals surface area contributed by atoms with Gasteiger partial charge in [-0.25, -0.2) is 9.67 Å². The van der Waals surface area contributed by atoms with Gasteiger partial charge in [0.05, 0.1) is 12.6 Å². The largest absolute Gasteiger partial charge is 0.481 e. The Labute approximate surface area is 115 Å². The highest BCUT2D eigenvalue weighted by Crippen LogP contribution is 2.19. The molecule has 5 nitrogen and oxygen atoms in total. The van der Waals surface area contributed by atoms with E-state index in [0.29, 0.717) is 16.4 Å². The molecular formula is C13H14ClN3O2. The number of aliphatic carboxylic acids is 1. The van der Waals surface area contributed by atoms with Crippen LogP contribution in [0.4, 0.5) is 0 Å². The molecule has 0 unspecified atom stereocenters. The van der Waals surface area contributed by atoms with E-state index in [2.05, 4.69) is 17.0 Å². The minimum atomic E-state index is -0.885. The molecule has 0 saturated carbocycles. The maximum atomic E-state index is 10.6. The van der Waals surface area contributed by atoms with E-state index in [1.807, 2.05) is 0 Å². The molecule has 0 amide bonds. The second-order valence-electron chi connectivity index (χ2n) is 4.25. The number of aromatic nitrogens is 3. The van der Waals surface area contributed by atoms with E-state index in [0.717, 1.165) is 18.4 Å². The molecule has 6 heteroatoms. The van der Waals surface area contributed by atoms with Gasteiger partial charge in [0.2, 0.25) is 0 Å². The molecule has 0 bridgehead atoms. The number of carboxylic acid groups (broad SMARTS) is 1. The first-order chi connectivity index (χ1) is 9.10. The third-order valence-corrected chi connectivity index (χ3v) is 3.01. The second-order valence-corrected chi connectivity index (χ2v) is 4.65. The molecule has 0 aliphatic rings. The van der Waals surface area contributed by atoms with Crippen LogP contribution in [0.5, 0.6) is 0 Å². The van der Waals surface area contributed by atoms with Gasteiger partial charge in [-0.3, -0.25) is 4.79 Å². The molecule has 2 heterocycles. The van der Waals surface area contributed by atoms with Gasteiger partial charge in [0.15, 0.2) is 5.82 Å². The summed E-state index contributed by atoms with van der Waals surface area (Å²) in [6, 6.07) is 1.74. The molecule has 0 aromatic carbocycles. The number of carbonyl (C=O) groups is 1. The Hall–Kier alpha value is -1.88. The smallest absolute Gasteiger partial charge is 0.307 e. The number of halogens is 1. The Morgan fingerprint density at radius 3 is 2.89 bits per heavy atom. The maximum absolute atomic E-state index is 10.6. The number of pyridine rings is 1. The fraction of sp³-hybridized carbons (Fsp3) is 0.308. The van der Waals surface area contributed by atoms with Crippen molar-refractivity contribution in [2.75, 3.05) is 0 Å². The van der Waals surface area contributed by atoms with E-state index < -0.39 is 5.97 Å². The summed E-state index contributed by atoms with van der Waals surface area (Å²) < 4.78 is 1.53. The predicted octanol–water partition coefficient (Wildman–Crippen LogP) is 2.50. The summed E-state index contributed by atoms with van der Waals surface area (Å²) in [7, 11) is 0. The minimum absolute atomic E-state index is 0.0539. The lowest BCUT2D eigenvalue weighted by molar-refractivity contribution is -0.136. The molecule has 0 aliphatic heterocycles. The van der Waals surface area contributed by atoms with Gasteiger partial charge in [-0.2, -0.15) is 5.10 Å². The summed E-state index contributed by atoms with van der Waals surface area (Å²) >= 11 is 6.17. The van der Waals surface area contributed by atoms with Crippen LogP contribution in [0.1, 0.15) is 24.5 Å². The zero-order chi connectivity index (χ0) is 13.8. The van der Waals surface area contributed by atoms with Gasteiger partial charge in [-0.1, -0.05) is 24.9 Å². The highest BCUT2D eigenvalue weighted by Gasteiger charge is 2.08. The van der Waals surface area contributed by atoms with Crippen molar-refractivity contribution >= 4 is 17.6 Å². The zero-order valence-electron chi connectivity index (χ0n) is 10.5. The Bertz CT molecular complexity index is 595. The minimum Gasteiger partial charge on any atom is -0.481 e. The molecule has 0 spiro atoms. The molecule has 100 valence electrons. The van der Waals surface area contributed by atoms with Gasteiger partial charge in [0.25, 0.3) is 0 Å². The topological polar surface area (TPSA) is 68.0 Å². The van der Waals surface area contributed by atoms with Gasteiger partial charge in [0, 0.05) is 29.0 Å². The van der Waals surface area contributed by atoms with E-state index in [-0.39, 0.29) is 6.42 Å². The van der Waals surface area contributed by atoms with Crippen LogP contribution in [-0.4, -0.2) is 25.8 Å². The van der Waals surface area contributed by atoms with E-state index in [1.165, 1.54) is 10.9 Å².